The van der Waals surface area contributed by atoms with E-state index in [1.165, 1.54) is 0 Å². The Hall–Kier alpha value is -3.05. The molecule has 1 heterocycles. The van der Waals surface area contributed by atoms with E-state index < -0.39 is 0 Å². The van der Waals surface area contributed by atoms with Crippen molar-refractivity contribution < 1.29 is 9.90 Å². The normalized spacial score (nSPS) is 10.7. The summed E-state index contributed by atoms with van der Waals surface area (Å²) in [5.74, 6) is -0.235. The molecule has 0 atom stereocenters. The van der Waals surface area contributed by atoms with Gasteiger partial charge in [-0.05, 0) is 62.6 Å². The molecule has 5 nitrogen and oxygen atoms in total. The first-order chi connectivity index (χ1) is 12.9. The van der Waals surface area contributed by atoms with Crippen LogP contribution in [0.15, 0.2) is 42.6 Å². The molecule has 1 aromatic heterocycles. The van der Waals surface area contributed by atoms with E-state index in [9.17, 15) is 9.90 Å². The number of rotatable bonds is 4. The van der Waals surface area contributed by atoms with Gasteiger partial charge in [0.2, 0.25) is 5.82 Å². The zero-order chi connectivity index (χ0) is 19.6. The van der Waals surface area contributed by atoms with E-state index in [1.807, 2.05) is 52.0 Å². The van der Waals surface area contributed by atoms with Crippen LogP contribution < -0.4 is 5.32 Å². The summed E-state index contributed by atoms with van der Waals surface area (Å²) in [6.45, 7) is 7.83. The Kier molecular flexibility index (Phi) is 5.33. The molecule has 0 radical (unpaired) electrons. The van der Waals surface area contributed by atoms with E-state index in [2.05, 4.69) is 21.4 Å². The van der Waals surface area contributed by atoms with Crippen molar-refractivity contribution in [1.82, 2.24) is 9.97 Å². The highest BCUT2D eigenvalue weighted by atomic mass is 16.3. The van der Waals surface area contributed by atoms with Crippen LogP contribution in [0.3, 0.4) is 0 Å². The Balaban J connectivity index is 1.90. The average Bonchev–Trinajstić information content (AvgIpc) is 2.63. The number of carbonyl (C=O) groups excluding carboxylic acids is 1. The van der Waals surface area contributed by atoms with Crippen molar-refractivity contribution in [2.45, 2.75) is 34.3 Å². The van der Waals surface area contributed by atoms with Crippen molar-refractivity contribution in [3.63, 3.8) is 0 Å². The van der Waals surface area contributed by atoms with Crippen LogP contribution in [0.5, 0.6) is 0 Å². The number of aliphatic hydroxyl groups excluding tert-OH is 1. The molecule has 0 spiro atoms. The highest BCUT2D eigenvalue weighted by molar-refractivity contribution is 6.02. The highest BCUT2D eigenvalue weighted by Gasteiger charge is 2.14. The molecule has 3 aromatic rings. The van der Waals surface area contributed by atoms with Crippen LogP contribution in [0.4, 0.5) is 5.69 Å². The van der Waals surface area contributed by atoms with Gasteiger partial charge in [0.1, 0.15) is 0 Å². The van der Waals surface area contributed by atoms with Gasteiger partial charge < -0.3 is 10.4 Å². The van der Waals surface area contributed by atoms with E-state index in [4.69, 9.17) is 0 Å². The van der Waals surface area contributed by atoms with E-state index in [0.717, 1.165) is 39.1 Å². The first-order valence-electron chi connectivity index (χ1n) is 8.81. The average molecular weight is 361 g/mol. The first kappa shape index (κ1) is 18.7. The number of nitrogens with zero attached hydrogens (tertiary/aromatic N) is 2. The summed E-state index contributed by atoms with van der Waals surface area (Å²) in [6, 6.07) is 11.7. The highest BCUT2D eigenvalue weighted by Crippen LogP contribution is 2.24. The van der Waals surface area contributed by atoms with Gasteiger partial charge in [-0.2, -0.15) is 0 Å². The van der Waals surface area contributed by atoms with Crippen molar-refractivity contribution in [2.75, 3.05) is 5.32 Å². The van der Waals surface area contributed by atoms with Crippen molar-refractivity contribution in [3.05, 3.63) is 76.2 Å². The predicted molar refractivity (Wildman–Crippen MR) is 107 cm³/mol. The Bertz CT molecular complexity index is 969. The number of hydrogen-bond donors (Lipinski definition) is 2. The lowest BCUT2D eigenvalue weighted by molar-refractivity contribution is 0.101. The number of benzene rings is 2. The fraction of sp³-hybridized carbons (Fsp3) is 0.227. The van der Waals surface area contributed by atoms with E-state index in [0.29, 0.717) is 5.69 Å². The molecule has 0 bridgehead atoms. The molecule has 0 aliphatic heterocycles. The number of hydrogen-bond acceptors (Lipinski definition) is 4. The number of aryl methyl sites for hydroxylation is 4. The molecule has 0 fully saturated rings. The largest absolute Gasteiger partial charge is 0.392 e. The molecular formula is C22H23N3O2. The number of nitrogens with one attached hydrogen (secondary N) is 1. The topological polar surface area (TPSA) is 75.1 Å². The second-order valence-corrected chi connectivity index (χ2v) is 6.86. The minimum atomic E-state index is -0.357. The molecule has 0 aliphatic carbocycles. The minimum absolute atomic E-state index is 0.0308. The Labute approximate surface area is 159 Å². The van der Waals surface area contributed by atoms with Gasteiger partial charge in [0.05, 0.1) is 12.3 Å². The Morgan fingerprint density at radius 1 is 1.00 bits per heavy atom. The number of carbonyl (C=O) groups is 1. The third-order valence-corrected chi connectivity index (χ3v) is 4.39. The predicted octanol–water partition coefficient (Wildman–Crippen LogP) is 4.12. The van der Waals surface area contributed by atoms with E-state index in [1.54, 1.807) is 12.3 Å². The number of amides is 1. The van der Waals surface area contributed by atoms with Gasteiger partial charge in [0.25, 0.3) is 5.91 Å². The van der Waals surface area contributed by atoms with Crippen molar-refractivity contribution >= 4 is 11.6 Å². The Morgan fingerprint density at radius 2 is 1.63 bits per heavy atom. The monoisotopic (exact) mass is 361 g/mol. The zero-order valence-corrected chi connectivity index (χ0v) is 16.0. The maximum Gasteiger partial charge on any atom is 0.293 e. The summed E-state index contributed by atoms with van der Waals surface area (Å²) in [5.41, 5.74) is 7.27. The van der Waals surface area contributed by atoms with Crippen LogP contribution in [0, 0.1) is 27.7 Å². The summed E-state index contributed by atoms with van der Waals surface area (Å²) < 4.78 is 0. The van der Waals surface area contributed by atoms with Gasteiger partial charge in [0.15, 0.2) is 0 Å². The molecule has 0 aliphatic rings. The van der Waals surface area contributed by atoms with Crippen LogP contribution in [-0.4, -0.2) is 21.0 Å². The van der Waals surface area contributed by atoms with Crippen LogP contribution in [0.1, 0.15) is 38.4 Å². The van der Waals surface area contributed by atoms with E-state index in [-0.39, 0.29) is 18.3 Å². The van der Waals surface area contributed by atoms with Gasteiger partial charge in [-0.15, -0.1) is 0 Å². The van der Waals surface area contributed by atoms with Gasteiger partial charge in [-0.25, -0.2) is 9.97 Å². The van der Waals surface area contributed by atoms with Crippen LogP contribution in [-0.2, 0) is 6.61 Å². The molecule has 0 saturated carbocycles. The fourth-order valence-corrected chi connectivity index (χ4v) is 3.26. The minimum Gasteiger partial charge on any atom is -0.392 e. The third kappa shape index (κ3) is 4.20. The number of anilines is 1. The zero-order valence-electron chi connectivity index (χ0n) is 16.0. The lowest BCUT2D eigenvalue weighted by Crippen LogP contribution is -2.17. The first-order valence-corrected chi connectivity index (χ1v) is 8.81. The second-order valence-electron chi connectivity index (χ2n) is 6.86. The maximum absolute atomic E-state index is 12.7. The van der Waals surface area contributed by atoms with Gasteiger partial charge in [0, 0.05) is 17.4 Å². The number of aromatic nitrogens is 2. The smallest absolute Gasteiger partial charge is 0.293 e. The molecule has 3 rings (SSSR count). The molecular weight excluding hydrogens is 338 g/mol. The van der Waals surface area contributed by atoms with Gasteiger partial charge in [-0.1, -0.05) is 29.3 Å². The molecule has 2 aromatic carbocycles. The quantitative estimate of drug-likeness (QED) is 0.733. The van der Waals surface area contributed by atoms with Crippen molar-refractivity contribution in [2.24, 2.45) is 0 Å². The van der Waals surface area contributed by atoms with Crippen LogP contribution >= 0.6 is 0 Å². The molecule has 0 saturated heterocycles. The summed E-state index contributed by atoms with van der Waals surface area (Å²) >= 11 is 0. The second kappa shape index (κ2) is 7.68. The van der Waals surface area contributed by atoms with Crippen LogP contribution in [0.2, 0.25) is 0 Å². The lowest BCUT2D eigenvalue weighted by Gasteiger charge is -2.13. The summed E-state index contributed by atoms with van der Waals surface area (Å²) in [4.78, 5) is 21.3. The third-order valence-electron chi connectivity index (χ3n) is 4.39. The maximum atomic E-state index is 12.7. The summed E-state index contributed by atoms with van der Waals surface area (Å²) in [5, 5.41) is 12.2. The lowest BCUT2D eigenvalue weighted by atomic mass is 10.0. The molecule has 2 N–H and O–H groups in total. The van der Waals surface area contributed by atoms with Gasteiger partial charge in [-0.3, -0.25) is 4.79 Å². The summed E-state index contributed by atoms with van der Waals surface area (Å²) in [7, 11) is 0. The standard InChI is InChI=1S/C22H23N3O2/c1-13-7-14(2)9-18(8-13)19-5-6-23-21(24-19)22(27)25-20-15(3)10-17(12-26)11-16(20)4/h5-11,26H,12H2,1-4H3,(H,25,27). The number of aliphatic hydroxyl groups is 1. The molecule has 1 amide bonds. The van der Waals surface area contributed by atoms with Crippen molar-refractivity contribution in [1.29, 1.82) is 0 Å². The molecule has 0 unspecified atom stereocenters. The summed E-state index contributed by atoms with van der Waals surface area (Å²) in [6.07, 6.45) is 1.60. The fourth-order valence-electron chi connectivity index (χ4n) is 3.26. The SMILES string of the molecule is Cc1cc(C)cc(-c2ccnc(C(=O)Nc3c(C)cc(CO)cc3C)n2)c1. The Morgan fingerprint density at radius 3 is 2.22 bits per heavy atom. The molecule has 27 heavy (non-hydrogen) atoms. The molecule has 5 heteroatoms. The van der Waals surface area contributed by atoms with Crippen LogP contribution in [0.25, 0.3) is 11.3 Å². The molecule has 138 valence electrons. The van der Waals surface area contributed by atoms with Gasteiger partial charge >= 0.3 is 0 Å². The van der Waals surface area contributed by atoms with E-state index >= 15 is 0 Å². The van der Waals surface area contributed by atoms with Crippen molar-refractivity contribution in [3.8, 4) is 11.3 Å².